The topological polar surface area (TPSA) is 38.5 Å². The second kappa shape index (κ2) is 7.34. The van der Waals surface area contributed by atoms with Crippen LogP contribution in [0.25, 0.3) is 0 Å². The Hall–Kier alpha value is -1.13. The number of ether oxygens (including phenoxy) is 1. The van der Waals surface area contributed by atoms with Crippen LogP contribution < -0.4 is 10.5 Å². The van der Waals surface area contributed by atoms with Crippen LogP contribution >= 0.6 is 0 Å². The highest BCUT2D eigenvalue weighted by Gasteiger charge is 2.07. The number of benzene rings is 1. The summed E-state index contributed by atoms with van der Waals surface area (Å²) in [5, 5.41) is 0. The molecule has 0 saturated carbocycles. The molecule has 0 amide bonds. The maximum Gasteiger partial charge on any atom is 0.165 e. The van der Waals surface area contributed by atoms with Crippen molar-refractivity contribution in [1.29, 1.82) is 0 Å². The van der Waals surface area contributed by atoms with Gasteiger partial charge in [-0.3, -0.25) is 0 Å². The van der Waals surface area contributed by atoms with Crippen LogP contribution in [0.5, 0.6) is 5.75 Å². The molecule has 1 aromatic carbocycles. The van der Waals surface area contributed by atoms with E-state index in [1.165, 1.54) is 6.07 Å². The Morgan fingerprint density at radius 1 is 1.33 bits per heavy atom. The van der Waals surface area contributed by atoms with Crippen LogP contribution in [0.1, 0.15) is 32.4 Å². The molecule has 0 aliphatic heterocycles. The first-order valence-electron chi connectivity index (χ1n) is 6.48. The summed E-state index contributed by atoms with van der Waals surface area (Å²) in [6.07, 6.45) is 0. The molecule has 1 unspecified atom stereocenters. The fourth-order valence-electron chi connectivity index (χ4n) is 1.74. The molecule has 3 nitrogen and oxygen atoms in total. The zero-order valence-electron chi connectivity index (χ0n) is 11.4. The van der Waals surface area contributed by atoms with E-state index in [0.717, 1.165) is 25.2 Å². The number of rotatable bonds is 7. The van der Waals surface area contributed by atoms with Gasteiger partial charge in [-0.15, -0.1) is 0 Å². The average molecular weight is 254 g/mol. The van der Waals surface area contributed by atoms with E-state index in [4.69, 9.17) is 10.5 Å². The smallest absolute Gasteiger partial charge is 0.165 e. The normalized spacial score (nSPS) is 12.8. The quantitative estimate of drug-likeness (QED) is 0.812. The molecule has 18 heavy (non-hydrogen) atoms. The second-order valence-corrected chi connectivity index (χ2v) is 4.35. The van der Waals surface area contributed by atoms with Crippen molar-refractivity contribution in [2.24, 2.45) is 5.73 Å². The number of halogens is 1. The van der Waals surface area contributed by atoms with E-state index in [0.29, 0.717) is 12.4 Å². The lowest BCUT2D eigenvalue weighted by atomic mass is 10.1. The minimum atomic E-state index is -0.343. The van der Waals surface area contributed by atoms with Crippen LogP contribution in [-0.2, 0) is 0 Å². The van der Waals surface area contributed by atoms with Crippen molar-refractivity contribution >= 4 is 0 Å². The Kier molecular flexibility index (Phi) is 6.09. The lowest BCUT2D eigenvalue weighted by Crippen LogP contribution is -2.28. The minimum Gasteiger partial charge on any atom is -0.489 e. The number of hydrogen-bond acceptors (Lipinski definition) is 3. The fraction of sp³-hybridized carbons (Fsp3) is 0.571. The van der Waals surface area contributed by atoms with Gasteiger partial charge in [-0.1, -0.05) is 19.9 Å². The van der Waals surface area contributed by atoms with E-state index >= 15 is 0 Å². The third kappa shape index (κ3) is 4.27. The van der Waals surface area contributed by atoms with Crippen molar-refractivity contribution < 1.29 is 9.13 Å². The molecule has 1 aromatic rings. The molecule has 0 spiro atoms. The molecule has 1 rings (SSSR count). The molecule has 0 fully saturated rings. The fourth-order valence-corrected chi connectivity index (χ4v) is 1.74. The van der Waals surface area contributed by atoms with Crippen LogP contribution in [0.15, 0.2) is 18.2 Å². The first kappa shape index (κ1) is 14.9. The largest absolute Gasteiger partial charge is 0.489 e. The van der Waals surface area contributed by atoms with E-state index in [9.17, 15) is 4.39 Å². The maximum absolute atomic E-state index is 13.7. The van der Waals surface area contributed by atoms with Crippen LogP contribution in [0.4, 0.5) is 4.39 Å². The summed E-state index contributed by atoms with van der Waals surface area (Å²) in [6, 6.07) is 4.73. The van der Waals surface area contributed by atoms with Crippen molar-refractivity contribution in [3.05, 3.63) is 29.6 Å². The SMILES string of the molecule is CCN(CC)CCOc1ccc(C(C)N)cc1F. The van der Waals surface area contributed by atoms with E-state index in [1.54, 1.807) is 12.1 Å². The molecule has 0 aromatic heterocycles. The summed E-state index contributed by atoms with van der Waals surface area (Å²) in [4.78, 5) is 2.23. The van der Waals surface area contributed by atoms with Gasteiger partial charge in [-0.05, 0) is 37.7 Å². The summed E-state index contributed by atoms with van der Waals surface area (Å²) in [6.45, 7) is 9.29. The molecule has 4 heteroatoms. The first-order valence-corrected chi connectivity index (χ1v) is 6.48. The zero-order chi connectivity index (χ0) is 13.5. The summed E-state index contributed by atoms with van der Waals surface area (Å²) in [7, 11) is 0. The van der Waals surface area contributed by atoms with Crippen molar-refractivity contribution in [3.8, 4) is 5.75 Å². The molecule has 0 radical (unpaired) electrons. The van der Waals surface area contributed by atoms with Crippen LogP contribution in [-0.4, -0.2) is 31.1 Å². The van der Waals surface area contributed by atoms with Crippen LogP contribution in [0.3, 0.4) is 0 Å². The van der Waals surface area contributed by atoms with E-state index in [2.05, 4.69) is 18.7 Å². The van der Waals surface area contributed by atoms with Gasteiger partial charge in [0, 0.05) is 12.6 Å². The molecule has 0 aliphatic rings. The Labute approximate surface area is 109 Å². The summed E-state index contributed by atoms with van der Waals surface area (Å²) in [5.41, 5.74) is 6.48. The van der Waals surface area contributed by atoms with Gasteiger partial charge in [0.1, 0.15) is 6.61 Å². The molecule has 102 valence electrons. The third-order valence-corrected chi connectivity index (χ3v) is 3.04. The Morgan fingerprint density at radius 3 is 2.50 bits per heavy atom. The molecule has 0 aliphatic carbocycles. The molecule has 0 heterocycles. The average Bonchev–Trinajstić information content (AvgIpc) is 2.36. The lowest BCUT2D eigenvalue weighted by molar-refractivity contribution is 0.217. The molecule has 2 N–H and O–H groups in total. The molecule has 0 saturated heterocycles. The summed E-state index contributed by atoms with van der Waals surface area (Å²) in [5.74, 6) is -0.0455. The number of likely N-dealkylation sites (N-methyl/N-ethyl adjacent to an activating group) is 1. The Bertz CT molecular complexity index is 365. The van der Waals surface area contributed by atoms with Gasteiger partial charge in [-0.2, -0.15) is 0 Å². The van der Waals surface area contributed by atoms with Crippen molar-refractivity contribution in [2.45, 2.75) is 26.8 Å². The highest BCUT2D eigenvalue weighted by Crippen LogP contribution is 2.21. The third-order valence-electron chi connectivity index (χ3n) is 3.04. The molecular formula is C14H23FN2O. The van der Waals surface area contributed by atoms with Crippen LogP contribution in [0.2, 0.25) is 0 Å². The molecule has 0 bridgehead atoms. The van der Waals surface area contributed by atoms with Gasteiger partial charge >= 0.3 is 0 Å². The number of nitrogens with two attached hydrogens (primary N) is 1. The first-order chi connectivity index (χ1) is 8.58. The van der Waals surface area contributed by atoms with Crippen molar-refractivity contribution in [1.82, 2.24) is 4.90 Å². The van der Waals surface area contributed by atoms with E-state index in [1.807, 2.05) is 6.92 Å². The highest BCUT2D eigenvalue weighted by atomic mass is 19.1. The van der Waals surface area contributed by atoms with Gasteiger partial charge in [0.05, 0.1) is 0 Å². The van der Waals surface area contributed by atoms with Crippen molar-refractivity contribution in [2.75, 3.05) is 26.2 Å². The second-order valence-electron chi connectivity index (χ2n) is 4.35. The summed E-state index contributed by atoms with van der Waals surface area (Å²) < 4.78 is 19.2. The summed E-state index contributed by atoms with van der Waals surface area (Å²) >= 11 is 0. The standard InChI is InChI=1S/C14H23FN2O/c1-4-17(5-2)8-9-18-14-7-6-12(11(3)16)10-13(14)15/h6-7,10-11H,4-5,8-9,16H2,1-3H3. The number of hydrogen-bond donors (Lipinski definition) is 1. The minimum absolute atomic E-state index is 0.163. The van der Waals surface area contributed by atoms with Gasteiger partial charge in [0.15, 0.2) is 11.6 Å². The van der Waals surface area contributed by atoms with E-state index < -0.39 is 0 Å². The van der Waals surface area contributed by atoms with E-state index in [-0.39, 0.29) is 11.9 Å². The monoisotopic (exact) mass is 254 g/mol. The van der Waals surface area contributed by atoms with Gasteiger partial charge in [-0.25, -0.2) is 4.39 Å². The van der Waals surface area contributed by atoms with Gasteiger partial charge < -0.3 is 15.4 Å². The zero-order valence-corrected chi connectivity index (χ0v) is 11.4. The van der Waals surface area contributed by atoms with Gasteiger partial charge in [0.2, 0.25) is 0 Å². The predicted molar refractivity (Wildman–Crippen MR) is 72.3 cm³/mol. The predicted octanol–water partition coefficient (Wildman–Crippen LogP) is 2.57. The Balaban J connectivity index is 2.53. The molecular weight excluding hydrogens is 231 g/mol. The van der Waals surface area contributed by atoms with Gasteiger partial charge in [0.25, 0.3) is 0 Å². The van der Waals surface area contributed by atoms with Crippen LogP contribution in [0, 0.1) is 5.82 Å². The maximum atomic E-state index is 13.7. The highest BCUT2D eigenvalue weighted by molar-refractivity contribution is 5.30. The molecule has 1 atom stereocenters. The number of nitrogens with zero attached hydrogens (tertiary/aromatic N) is 1. The lowest BCUT2D eigenvalue weighted by Gasteiger charge is -2.18. The van der Waals surface area contributed by atoms with Crippen molar-refractivity contribution in [3.63, 3.8) is 0 Å². The Morgan fingerprint density at radius 2 is 2.00 bits per heavy atom.